The lowest BCUT2D eigenvalue weighted by Crippen LogP contribution is -2.14. The molecule has 56 heavy (non-hydrogen) atoms. The zero-order chi connectivity index (χ0) is 37.8. The fourth-order valence-electron chi connectivity index (χ4n) is 9.91. The minimum Gasteiger partial charge on any atom is -0.310 e. The fourth-order valence-corrected chi connectivity index (χ4v) is 9.91. The van der Waals surface area contributed by atoms with E-state index in [0.717, 1.165) is 22.7 Å². The maximum Gasteiger partial charge on any atom is 0.0547 e. The first-order valence-electron chi connectivity index (χ1n) is 19.8. The predicted molar refractivity (Wildman–Crippen MR) is 236 cm³/mol. The van der Waals surface area contributed by atoms with Crippen molar-refractivity contribution in [3.8, 4) is 39.1 Å². The van der Waals surface area contributed by atoms with Crippen LogP contribution in [0.4, 0.5) is 17.1 Å². The van der Waals surface area contributed by atoms with Crippen molar-refractivity contribution in [2.45, 2.75) is 38.5 Å². The number of fused-ring (bicyclic) bond motifs is 9. The molecule has 1 heterocycles. The Morgan fingerprint density at radius 3 is 1.52 bits per heavy atom. The molecule has 268 valence electrons. The molecule has 0 fully saturated rings. The van der Waals surface area contributed by atoms with Crippen LogP contribution in [0.5, 0.6) is 0 Å². The number of para-hydroxylation sites is 2. The summed E-state index contributed by atoms with van der Waals surface area (Å²) in [7, 11) is 0. The van der Waals surface area contributed by atoms with Gasteiger partial charge in [0.2, 0.25) is 0 Å². The van der Waals surface area contributed by atoms with Crippen molar-refractivity contribution in [1.82, 2.24) is 4.57 Å². The van der Waals surface area contributed by atoms with E-state index in [4.69, 9.17) is 0 Å². The molecule has 0 saturated carbocycles. The second kappa shape index (κ2) is 11.9. The Balaban J connectivity index is 1.10. The third-order valence-corrected chi connectivity index (χ3v) is 12.8. The number of anilines is 3. The summed E-state index contributed by atoms with van der Waals surface area (Å²) >= 11 is 0. The first kappa shape index (κ1) is 32.8. The minimum atomic E-state index is -0.0975. The van der Waals surface area contributed by atoms with Gasteiger partial charge in [-0.15, -0.1) is 0 Å². The zero-order valence-electron chi connectivity index (χ0n) is 32.2. The molecule has 0 spiro atoms. The van der Waals surface area contributed by atoms with E-state index < -0.39 is 0 Å². The lowest BCUT2D eigenvalue weighted by molar-refractivity contribution is 0.660. The average molecular weight is 719 g/mol. The molecule has 8 aromatic carbocycles. The second-order valence-corrected chi connectivity index (χ2v) is 16.6. The highest BCUT2D eigenvalue weighted by Gasteiger charge is 2.37. The van der Waals surface area contributed by atoms with Crippen molar-refractivity contribution >= 4 is 38.9 Å². The van der Waals surface area contributed by atoms with Gasteiger partial charge >= 0.3 is 0 Å². The van der Waals surface area contributed by atoms with E-state index in [-0.39, 0.29) is 10.8 Å². The van der Waals surface area contributed by atoms with Gasteiger partial charge in [-0.05, 0) is 128 Å². The van der Waals surface area contributed by atoms with Gasteiger partial charge in [-0.1, -0.05) is 137 Å². The van der Waals surface area contributed by atoms with Crippen LogP contribution in [0.3, 0.4) is 0 Å². The number of hydrogen-bond donors (Lipinski definition) is 0. The topological polar surface area (TPSA) is 8.17 Å². The van der Waals surface area contributed by atoms with Crippen LogP contribution in [-0.2, 0) is 10.8 Å². The van der Waals surface area contributed by atoms with Crippen molar-refractivity contribution in [1.29, 1.82) is 0 Å². The molecule has 11 rings (SSSR count). The van der Waals surface area contributed by atoms with Crippen LogP contribution in [0.15, 0.2) is 182 Å². The maximum absolute atomic E-state index is 2.49. The molecule has 2 aliphatic carbocycles. The van der Waals surface area contributed by atoms with Crippen molar-refractivity contribution in [3.05, 3.63) is 204 Å². The van der Waals surface area contributed by atoms with Gasteiger partial charge in [-0.25, -0.2) is 0 Å². The molecule has 0 unspecified atom stereocenters. The zero-order valence-corrected chi connectivity index (χ0v) is 32.2. The molecule has 0 amide bonds. The van der Waals surface area contributed by atoms with Crippen molar-refractivity contribution in [2.24, 2.45) is 0 Å². The highest BCUT2D eigenvalue weighted by atomic mass is 15.1. The van der Waals surface area contributed by atoms with E-state index in [0.29, 0.717) is 0 Å². The van der Waals surface area contributed by atoms with Crippen LogP contribution in [0, 0.1) is 0 Å². The number of rotatable bonds is 5. The van der Waals surface area contributed by atoms with E-state index in [9.17, 15) is 0 Å². The summed E-state index contributed by atoms with van der Waals surface area (Å²) in [5, 5.41) is 2.51. The molecule has 0 saturated heterocycles. The normalized spacial score (nSPS) is 14.4. The Morgan fingerprint density at radius 1 is 0.357 bits per heavy atom. The first-order valence-corrected chi connectivity index (χ1v) is 19.8. The Kier molecular flexibility index (Phi) is 6.98. The first-order chi connectivity index (χ1) is 27.3. The molecule has 2 aliphatic rings. The lowest BCUT2D eigenvalue weighted by Gasteiger charge is -2.25. The van der Waals surface area contributed by atoms with Crippen LogP contribution >= 0.6 is 0 Å². The fraction of sp³-hybridized carbons (Fsp3) is 0.111. The SMILES string of the molecule is CC1(C)c2ccccc2-c2ccc(-c3ccc(-n4c5ccc(N(c6ccccc6)c6ccccc6)cc5c5cc6c(cc54)-c4ccccc4C6(C)C)cc3)cc21. The molecule has 9 aromatic rings. The molecule has 0 N–H and O–H groups in total. The largest absolute Gasteiger partial charge is 0.310 e. The standard InChI is InChI=1S/C54H42N2/c1-53(2)47-21-13-11-19-41(47)43-29-25-36(31-49(43)53)35-23-26-39(27-24-35)56-51-30-28-40(55(37-15-7-5-8-16-37)38-17-9-6-10-18-38)32-45(51)46-33-50-44(34-52(46)56)42-20-12-14-22-48(42)54(50,3)4/h5-34H,1-4H3. The Hall–Kier alpha value is -6.64. The molecular formula is C54H42N2. The van der Waals surface area contributed by atoms with Crippen molar-refractivity contribution < 1.29 is 0 Å². The van der Waals surface area contributed by atoms with E-state index in [1.807, 2.05) is 0 Å². The molecule has 0 radical (unpaired) electrons. The van der Waals surface area contributed by atoms with Gasteiger partial charge in [0.25, 0.3) is 0 Å². The third-order valence-electron chi connectivity index (χ3n) is 12.8. The van der Waals surface area contributed by atoms with E-state index >= 15 is 0 Å². The van der Waals surface area contributed by atoms with Gasteiger partial charge in [0.15, 0.2) is 0 Å². The maximum atomic E-state index is 2.49. The summed E-state index contributed by atoms with van der Waals surface area (Å²) in [6.45, 7) is 9.46. The predicted octanol–water partition coefficient (Wildman–Crippen LogP) is 14.5. The number of benzene rings is 8. The van der Waals surface area contributed by atoms with Crippen molar-refractivity contribution in [3.63, 3.8) is 0 Å². The molecule has 2 heteroatoms. The van der Waals surface area contributed by atoms with E-state index in [1.165, 1.54) is 77.4 Å². The van der Waals surface area contributed by atoms with Gasteiger partial charge in [0.1, 0.15) is 0 Å². The van der Waals surface area contributed by atoms with Gasteiger partial charge in [0, 0.05) is 44.4 Å². The summed E-state index contributed by atoms with van der Waals surface area (Å²) in [5.41, 5.74) is 20.3. The highest BCUT2D eigenvalue weighted by molar-refractivity contribution is 6.12. The Labute approximate surface area is 328 Å². The summed E-state index contributed by atoms with van der Waals surface area (Å²) in [6, 6.07) is 67.4. The summed E-state index contributed by atoms with van der Waals surface area (Å²) < 4.78 is 2.48. The smallest absolute Gasteiger partial charge is 0.0547 e. The minimum absolute atomic E-state index is 0.0340. The number of nitrogens with zero attached hydrogens (tertiary/aromatic N) is 2. The summed E-state index contributed by atoms with van der Waals surface area (Å²) in [6.07, 6.45) is 0. The molecular weight excluding hydrogens is 677 g/mol. The van der Waals surface area contributed by atoms with Gasteiger partial charge in [-0.2, -0.15) is 0 Å². The van der Waals surface area contributed by atoms with Gasteiger partial charge < -0.3 is 9.47 Å². The quantitative estimate of drug-likeness (QED) is 0.172. The molecule has 1 aromatic heterocycles. The van der Waals surface area contributed by atoms with Crippen LogP contribution in [-0.4, -0.2) is 4.57 Å². The molecule has 0 atom stereocenters. The number of aromatic nitrogens is 1. The summed E-state index contributed by atoms with van der Waals surface area (Å²) in [5.74, 6) is 0. The average Bonchev–Trinajstić information content (AvgIpc) is 3.77. The van der Waals surface area contributed by atoms with E-state index in [2.05, 4.69) is 219 Å². The number of hydrogen-bond acceptors (Lipinski definition) is 1. The molecule has 0 aliphatic heterocycles. The molecule has 0 bridgehead atoms. The van der Waals surface area contributed by atoms with E-state index in [1.54, 1.807) is 0 Å². The molecule has 2 nitrogen and oxygen atoms in total. The third kappa shape index (κ3) is 4.69. The monoisotopic (exact) mass is 718 g/mol. The Bertz CT molecular complexity index is 2960. The van der Waals surface area contributed by atoms with Crippen LogP contribution in [0.25, 0.3) is 60.9 Å². The highest BCUT2D eigenvalue weighted by Crippen LogP contribution is 2.52. The van der Waals surface area contributed by atoms with Gasteiger partial charge in [-0.3, -0.25) is 0 Å². The van der Waals surface area contributed by atoms with Crippen molar-refractivity contribution in [2.75, 3.05) is 4.90 Å². The van der Waals surface area contributed by atoms with Gasteiger partial charge in [0.05, 0.1) is 11.0 Å². The summed E-state index contributed by atoms with van der Waals surface area (Å²) in [4.78, 5) is 2.36. The second-order valence-electron chi connectivity index (χ2n) is 16.6. The van der Waals surface area contributed by atoms with Crippen LogP contribution in [0.2, 0.25) is 0 Å². The van der Waals surface area contributed by atoms with Crippen LogP contribution < -0.4 is 4.90 Å². The lowest BCUT2D eigenvalue weighted by atomic mass is 9.81. The van der Waals surface area contributed by atoms with Crippen LogP contribution in [0.1, 0.15) is 49.9 Å². The Morgan fingerprint density at radius 2 is 0.875 bits per heavy atom.